The molecule has 2 aromatic heterocycles. The Hall–Kier alpha value is -3.87. The van der Waals surface area contributed by atoms with Crippen LogP contribution in [0.1, 0.15) is 27.3 Å². The number of hydrogen-bond acceptors (Lipinski definition) is 3. The van der Waals surface area contributed by atoms with E-state index in [1.54, 1.807) is 54.0 Å². The molecule has 2 heterocycles. The molecule has 0 atom stereocenters. The summed E-state index contributed by atoms with van der Waals surface area (Å²) < 4.78 is 29.2. The minimum atomic E-state index is -0.407. The van der Waals surface area contributed by atoms with Crippen LogP contribution in [-0.2, 0) is 19.6 Å². The van der Waals surface area contributed by atoms with Crippen LogP contribution in [0.15, 0.2) is 85.5 Å². The predicted molar refractivity (Wildman–Crippen MR) is 112 cm³/mol. The van der Waals surface area contributed by atoms with Gasteiger partial charge >= 0.3 is 0 Å². The fourth-order valence-electron chi connectivity index (χ4n) is 3.30. The maximum atomic E-state index is 14.1. The summed E-state index contributed by atoms with van der Waals surface area (Å²) in [4.78, 5) is 23.3. The van der Waals surface area contributed by atoms with E-state index in [1.807, 2.05) is 10.6 Å². The maximum absolute atomic E-state index is 14.1. The fourth-order valence-corrected chi connectivity index (χ4v) is 3.30. The van der Waals surface area contributed by atoms with Gasteiger partial charge < -0.3 is 9.47 Å². The van der Waals surface area contributed by atoms with Crippen LogP contribution in [0.4, 0.5) is 8.78 Å². The third-order valence-electron chi connectivity index (χ3n) is 4.91. The molecule has 156 valence electrons. The first kappa shape index (κ1) is 20.4. The lowest BCUT2D eigenvalue weighted by Crippen LogP contribution is -2.31. The van der Waals surface area contributed by atoms with E-state index < -0.39 is 5.82 Å². The van der Waals surface area contributed by atoms with Gasteiger partial charge in [0.2, 0.25) is 0 Å². The van der Waals surface area contributed by atoms with E-state index >= 15 is 0 Å². The van der Waals surface area contributed by atoms with Crippen molar-refractivity contribution in [2.75, 3.05) is 0 Å². The monoisotopic (exact) mass is 418 g/mol. The van der Waals surface area contributed by atoms with Gasteiger partial charge in [0.1, 0.15) is 17.5 Å². The molecule has 7 heteroatoms. The van der Waals surface area contributed by atoms with Crippen LogP contribution in [-0.4, -0.2) is 25.3 Å². The topological polar surface area (TPSA) is 51.0 Å². The molecule has 4 aromatic rings. The Labute approximate surface area is 178 Å². The lowest BCUT2D eigenvalue weighted by atomic mass is 10.1. The smallest absolute Gasteiger partial charge is 0.254 e. The molecule has 0 aliphatic carbocycles. The molecule has 4 rings (SSSR count). The van der Waals surface area contributed by atoms with Crippen molar-refractivity contribution in [2.24, 2.45) is 0 Å². The molecule has 0 saturated carbocycles. The van der Waals surface area contributed by atoms with Gasteiger partial charge in [-0.3, -0.25) is 9.78 Å². The van der Waals surface area contributed by atoms with Gasteiger partial charge in [-0.05, 0) is 42.0 Å². The van der Waals surface area contributed by atoms with Gasteiger partial charge in [0.25, 0.3) is 5.91 Å². The highest BCUT2D eigenvalue weighted by atomic mass is 19.1. The first-order valence-electron chi connectivity index (χ1n) is 9.77. The van der Waals surface area contributed by atoms with Crippen LogP contribution in [0, 0.1) is 11.6 Å². The zero-order valence-corrected chi connectivity index (χ0v) is 16.7. The van der Waals surface area contributed by atoms with Crippen molar-refractivity contribution in [3.05, 3.63) is 120 Å². The van der Waals surface area contributed by atoms with Gasteiger partial charge in [-0.2, -0.15) is 0 Å². The molecule has 0 aliphatic heterocycles. The van der Waals surface area contributed by atoms with Crippen LogP contribution in [0.5, 0.6) is 0 Å². The van der Waals surface area contributed by atoms with E-state index in [0.717, 1.165) is 5.56 Å². The first-order valence-corrected chi connectivity index (χ1v) is 9.77. The molecule has 0 N–H and O–H groups in total. The van der Waals surface area contributed by atoms with Gasteiger partial charge in [-0.1, -0.05) is 24.3 Å². The summed E-state index contributed by atoms with van der Waals surface area (Å²) in [6.07, 6.45) is 6.74. The zero-order chi connectivity index (χ0) is 21.6. The Balaban J connectivity index is 1.61. The molecule has 0 radical (unpaired) electrons. The number of nitrogens with zero attached hydrogens (tertiary/aromatic N) is 4. The number of aromatic nitrogens is 3. The molecule has 0 bridgehead atoms. The summed E-state index contributed by atoms with van der Waals surface area (Å²) in [5.41, 5.74) is 1.76. The second-order valence-corrected chi connectivity index (χ2v) is 7.09. The molecule has 31 heavy (non-hydrogen) atoms. The molecular formula is C24H20F2N4O. The molecule has 0 aliphatic rings. The highest BCUT2D eigenvalue weighted by Gasteiger charge is 2.19. The van der Waals surface area contributed by atoms with Crippen LogP contribution in [0.2, 0.25) is 0 Å². The summed E-state index contributed by atoms with van der Waals surface area (Å²) in [5, 5.41) is 0. The predicted octanol–water partition coefficient (Wildman–Crippen LogP) is 4.45. The second kappa shape index (κ2) is 9.30. The summed E-state index contributed by atoms with van der Waals surface area (Å²) >= 11 is 0. The quantitative estimate of drug-likeness (QED) is 0.446. The third kappa shape index (κ3) is 5.01. The fraction of sp³-hybridized carbons (Fsp3) is 0.125. The molecular weight excluding hydrogens is 398 g/mol. The Bertz CT molecular complexity index is 1160. The zero-order valence-electron chi connectivity index (χ0n) is 16.7. The summed E-state index contributed by atoms with van der Waals surface area (Å²) in [6, 6.07) is 15.7. The van der Waals surface area contributed by atoms with Gasteiger partial charge in [-0.15, -0.1) is 0 Å². The van der Waals surface area contributed by atoms with E-state index in [-0.39, 0.29) is 18.3 Å². The number of pyridine rings is 1. The molecule has 0 saturated heterocycles. The lowest BCUT2D eigenvalue weighted by Gasteiger charge is -2.23. The van der Waals surface area contributed by atoms with Crippen LogP contribution in [0.25, 0.3) is 0 Å². The molecule has 0 unspecified atom stereocenters. The summed E-state index contributed by atoms with van der Waals surface area (Å²) in [6.45, 7) is 0.802. The van der Waals surface area contributed by atoms with E-state index in [9.17, 15) is 13.6 Å². The van der Waals surface area contributed by atoms with E-state index in [4.69, 9.17) is 0 Å². The van der Waals surface area contributed by atoms with Gasteiger partial charge in [0, 0.05) is 42.5 Å². The highest BCUT2D eigenvalue weighted by Crippen LogP contribution is 2.16. The van der Waals surface area contributed by atoms with Crippen LogP contribution >= 0.6 is 0 Å². The van der Waals surface area contributed by atoms with Gasteiger partial charge in [0.15, 0.2) is 0 Å². The highest BCUT2D eigenvalue weighted by molar-refractivity contribution is 5.94. The van der Waals surface area contributed by atoms with E-state index in [2.05, 4.69) is 9.97 Å². The number of carbonyl (C=O) groups excluding carboxylic acids is 1. The molecule has 0 spiro atoms. The maximum Gasteiger partial charge on any atom is 0.254 e. The minimum absolute atomic E-state index is 0.201. The number of amides is 1. The SMILES string of the molecule is O=C(c1ccc(F)cc1)N(Cc1cccnc1)Cc1nccn1Cc1ccccc1F. The number of imidazole rings is 1. The Morgan fingerprint density at radius 2 is 1.74 bits per heavy atom. The van der Waals surface area contributed by atoms with Crippen molar-refractivity contribution in [2.45, 2.75) is 19.6 Å². The Morgan fingerprint density at radius 3 is 2.48 bits per heavy atom. The number of halogens is 2. The van der Waals surface area contributed by atoms with Crippen molar-refractivity contribution < 1.29 is 13.6 Å². The van der Waals surface area contributed by atoms with Gasteiger partial charge in [0.05, 0.1) is 13.1 Å². The minimum Gasteiger partial charge on any atom is -0.329 e. The van der Waals surface area contributed by atoms with Crippen molar-refractivity contribution in [3.8, 4) is 0 Å². The van der Waals surface area contributed by atoms with Crippen molar-refractivity contribution >= 4 is 5.91 Å². The largest absolute Gasteiger partial charge is 0.329 e. The van der Waals surface area contributed by atoms with Crippen molar-refractivity contribution in [1.29, 1.82) is 0 Å². The Kier molecular flexibility index (Phi) is 6.12. The first-order chi connectivity index (χ1) is 15.1. The van der Waals surface area contributed by atoms with Crippen LogP contribution in [0.3, 0.4) is 0 Å². The van der Waals surface area contributed by atoms with Crippen molar-refractivity contribution in [1.82, 2.24) is 19.4 Å². The summed E-state index contributed by atoms with van der Waals surface area (Å²) in [7, 11) is 0. The van der Waals surface area contributed by atoms with E-state index in [1.165, 1.54) is 30.3 Å². The average Bonchev–Trinajstić information content (AvgIpc) is 3.22. The number of benzene rings is 2. The second-order valence-electron chi connectivity index (χ2n) is 7.09. The molecule has 5 nitrogen and oxygen atoms in total. The molecule has 2 aromatic carbocycles. The number of carbonyl (C=O) groups is 1. The average molecular weight is 418 g/mol. The molecule has 0 fully saturated rings. The number of hydrogen-bond donors (Lipinski definition) is 0. The van der Waals surface area contributed by atoms with Crippen molar-refractivity contribution in [3.63, 3.8) is 0 Å². The standard InChI is InChI=1S/C24H20F2N4O/c25-21-9-7-19(8-10-21)24(31)30(15-18-4-3-11-27-14-18)17-23-28-12-13-29(23)16-20-5-1-2-6-22(20)26/h1-14H,15-17H2. The normalized spacial score (nSPS) is 10.8. The van der Waals surface area contributed by atoms with E-state index in [0.29, 0.717) is 30.0 Å². The lowest BCUT2D eigenvalue weighted by molar-refractivity contribution is 0.0723. The Morgan fingerprint density at radius 1 is 0.935 bits per heavy atom. The van der Waals surface area contributed by atoms with Crippen LogP contribution < -0.4 is 0 Å². The third-order valence-corrected chi connectivity index (χ3v) is 4.91. The van der Waals surface area contributed by atoms with Gasteiger partial charge in [-0.25, -0.2) is 13.8 Å². The summed E-state index contributed by atoms with van der Waals surface area (Å²) in [5.74, 6) is -0.348. The number of rotatable bonds is 7. The molecule has 1 amide bonds.